The standard InChI is InChI=1S/C12H13BrFN3OS/c1-19-5-4-10(15)12-16-11(17-18-12)7-2-3-9(14)8(13)6-7/h2-3,6,10H,4-5,15H2,1H3. The minimum atomic E-state index is -0.329. The molecule has 0 aliphatic heterocycles. The summed E-state index contributed by atoms with van der Waals surface area (Å²) >= 11 is 4.84. The van der Waals surface area contributed by atoms with Crippen LogP contribution < -0.4 is 5.73 Å². The molecule has 0 fully saturated rings. The van der Waals surface area contributed by atoms with Gasteiger partial charge in [0.2, 0.25) is 11.7 Å². The third-order valence-electron chi connectivity index (χ3n) is 2.57. The van der Waals surface area contributed by atoms with Gasteiger partial charge in [0.25, 0.3) is 0 Å². The van der Waals surface area contributed by atoms with Gasteiger partial charge in [-0.15, -0.1) is 0 Å². The number of hydrogen-bond donors (Lipinski definition) is 1. The Morgan fingerprint density at radius 1 is 1.53 bits per heavy atom. The minimum absolute atomic E-state index is 0.266. The molecule has 0 radical (unpaired) electrons. The Kier molecular flexibility index (Phi) is 4.95. The molecule has 1 atom stereocenters. The van der Waals surface area contributed by atoms with E-state index in [2.05, 4.69) is 26.1 Å². The van der Waals surface area contributed by atoms with E-state index >= 15 is 0 Å². The highest BCUT2D eigenvalue weighted by atomic mass is 79.9. The van der Waals surface area contributed by atoms with Crippen LogP contribution in [0.1, 0.15) is 18.4 Å². The third-order valence-corrected chi connectivity index (χ3v) is 3.82. The molecule has 0 aliphatic carbocycles. The zero-order chi connectivity index (χ0) is 13.8. The largest absolute Gasteiger partial charge is 0.337 e. The van der Waals surface area contributed by atoms with Crippen molar-refractivity contribution >= 4 is 27.7 Å². The summed E-state index contributed by atoms with van der Waals surface area (Å²) in [7, 11) is 0. The number of rotatable bonds is 5. The SMILES string of the molecule is CSCCC(N)c1nc(-c2ccc(F)c(Br)c2)no1. The first-order valence-corrected chi connectivity index (χ1v) is 7.84. The van der Waals surface area contributed by atoms with Crippen molar-refractivity contribution < 1.29 is 8.91 Å². The van der Waals surface area contributed by atoms with Gasteiger partial charge in [0, 0.05) is 5.56 Å². The van der Waals surface area contributed by atoms with E-state index < -0.39 is 0 Å². The van der Waals surface area contributed by atoms with Crippen LogP contribution in [0.3, 0.4) is 0 Å². The van der Waals surface area contributed by atoms with Crippen molar-refractivity contribution in [1.82, 2.24) is 10.1 Å². The lowest BCUT2D eigenvalue weighted by atomic mass is 10.2. The van der Waals surface area contributed by atoms with Gasteiger partial charge in [0.1, 0.15) is 5.82 Å². The summed E-state index contributed by atoms with van der Waals surface area (Å²) in [4.78, 5) is 4.25. The highest BCUT2D eigenvalue weighted by Crippen LogP contribution is 2.24. The Balaban J connectivity index is 2.18. The maximum Gasteiger partial charge on any atom is 0.243 e. The number of nitrogens with two attached hydrogens (primary N) is 1. The summed E-state index contributed by atoms with van der Waals surface area (Å²) in [6, 6.07) is 4.29. The molecule has 1 unspecified atom stereocenters. The number of benzene rings is 1. The summed E-state index contributed by atoms with van der Waals surface area (Å²) in [5.74, 6) is 1.42. The van der Waals surface area contributed by atoms with E-state index in [1.807, 2.05) is 6.26 Å². The van der Waals surface area contributed by atoms with Gasteiger partial charge in [-0.2, -0.15) is 16.7 Å². The number of thioether (sulfide) groups is 1. The molecule has 7 heteroatoms. The van der Waals surface area contributed by atoms with E-state index in [1.165, 1.54) is 6.07 Å². The van der Waals surface area contributed by atoms with Gasteiger partial charge in [0.05, 0.1) is 10.5 Å². The Hall–Kier alpha value is -0.920. The van der Waals surface area contributed by atoms with E-state index in [0.29, 0.717) is 21.8 Å². The lowest BCUT2D eigenvalue weighted by Gasteiger charge is -2.03. The van der Waals surface area contributed by atoms with Crippen molar-refractivity contribution in [1.29, 1.82) is 0 Å². The molecule has 1 heterocycles. The van der Waals surface area contributed by atoms with Crippen LogP contribution in [-0.2, 0) is 0 Å². The lowest BCUT2D eigenvalue weighted by molar-refractivity contribution is 0.353. The molecule has 2 rings (SSSR count). The van der Waals surface area contributed by atoms with Crippen molar-refractivity contribution in [2.75, 3.05) is 12.0 Å². The van der Waals surface area contributed by atoms with E-state index in [1.54, 1.807) is 23.9 Å². The number of aromatic nitrogens is 2. The van der Waals surface area contributed by atoms with Gasteiger partial charge in [-0.05, 0) is 52.6 Å². The molecule has 0 spiro atoms. The average molecular weight is 346 g/mol. The average Bonchev–Trinajstić information content (AvgIpc) is 2.89. The summed E-state index contributed by atoms with van der Waals surface area (Å²) in [5.41, 5.74) is 6.63. The van der Waals surface area contributed by atoms with Crippen molar-refractivity contribution in [3.05, 3.63) is 34.4 Å². The molecule has 1 aromatic carbocycles. The maximum absolute atomic E-state index is 13.2. The first-order chi connectivity index (χ1) is 9.11. The first-order valence-electron chi connectivity index (χ1n) is 5.65. The van der Waals surface area contributed by atoms with Gasteiger partial charge in [0.15, 0.2) is 0 Å². The molecule has 102 valence electrons. The number of halogens is 2. The Morgan fingerprint density at radius 3 is 3.00 bits per heavy atom. The molecular formula is C12H13BrFN3OS. The third kappa shape index (κ3) is 3.55. The van der Waals surface area contributed by atoms with Crippen LogP contribution in [-0.4, -0.2) is 22.1 Å². The minimum Gasteiger partial charge on any atom is -0.337 e. The van der Waals surface area contributed by atoms with Crippen LogP contribution in [0, 0.1) is 5.82 Å². The molecule has 2 N–H and O–H groups in total. The molecule has 0 saturated carbocycles. The summed E-state index contributed by atoms with van der Waals surface area (Å²) in [6.45, 7) is 0. The molecule has 0 saturated heterocycles. The van der Waals surface area contributed by atoms with Gasteiger partial charge in [-0.1, -0.05) is 5.16 Å². The Labute approximate surface area is 123 Å². The summed E-state index contributed by atoms with van der Waals surface area (Å²) in [5, 5.41) is 3.87. The van der Waals surface area contributed by atoms with Crippen molar-refractivity contribution in [3.8, 4) is 11.4 Å². The quantitative estimate of drug-likeness (QED) is 0.899. The second-order valence-corrected chi connectivity index (χ2v) is 5.81. The van der Waals surface area contributed by atoms with E-state index in [-0.39, 0.29) is 11.9 Å². The monoisotopic (exact) mass is 345 g/mol. The zero-order valence-electron chi connectivity index (χ0n) is 10.3. The zero-order valence-corrected chi connectivity index (χ0v) is 12.7. The van der Waals surface area contributed by atoms with Crippen LogP contribution in [0.15, 0.2) is 27.2 Å². The van der Waals surface area contributed by atoms with Gasteiger partial charge >= 0.3 is 0 Å². The summed E-state index contributed by atoms with van der Waals surface area (Å²) < 4.78 is 18.7. The van der Waals surface area contributed by atoms with Crippen LogP contribution in [0.5, 0.6) is 0 Å². The predicted octanol–water partition coefficient (Wildman–Crippen LogP) is 3.39. The lowest BCUT2D eigenvalue weighted by Crippen LogP contribution is -2.11. The topological polar surface area (TPSA) is 64.9 Å². The van der Waals surface area contributed by atoms with E-state index in [0.717, 1.165) is 12.2 Å². The second kappa shape index (κ2) is 6.49. The van der Waals surface area contributed by atoms with Crippen molar-refractivity contribution in [2.24, 2.45) is 5.73 Å². The molecule has 19 heavy (non-hydrogen) atoms. The fraction of sp³-hybridized carbons (Fsp3) is 0.333. The van der Waals surface area contributed by atoms with Gasteiger partial charge in [-0.3, -0.25) is 0 Å². The number of nitrogens with zero attached hydrogens (tertiary/aromatic N) is 2. The highest BCUT2D eigenvalue weighted by molar-refractivity contribution is 9.10. The molecule has 2 aromatic rings. The van der Waals surface area contributed by atoms with Crippen LogP contribution in [0.2, 0.25) is 0 Å². The van der Waals surface area contributed by atoms with Crippen molar-refractivity contribution in [2.45, 2.75) is 12.5 Å². The highest BCUT2D eigenvalue weighted by Gasteiger charge is 2.15. The van der Waals surface area contributed by atoms with Crippen molar-refractivity contribution in [3.63, 3.8) is 0 Å². The van der Waals surface area contributed by atoms with E-state index in [4.69, 9.17) is 10.3 Å². The van der Waals surface area contributed by atoms with E-state index in [9.17, 15) is 4.39 Å². The van der Waals surface area contributed by atoms with Gasteiger partial charge < -0.3 is 10.3 Å². The molecule has 0 amide bonds. The fourth-order valence-electron chi connectivity index (χ4n) is 1.51. The molecule has 0 aliphatic rings. The Bertz CT molecular complexity index is 564. The fourth-order valence-corrected chi connectivity index (χ4v) is 2.38. The van der Waals surface area contributed by atoms with Crippen LogP contribution in [0.4, 0.5) is 4.39 Å². The molecule has 0 bridgehead atoms. The van der Waals surface area contributed by atoms with Crippen LogP contribution in [0.25, 0.3) is 11.4 Å². The normalized spacial score (nSPS) is 12.6. The van der Waals surface area contributed by atoms with Gasteiger partial charge in [-0.25, -0.2) is 4.39 Å². The smallest absolute Gasteiger partial charge is 0.243 e. The molecular weight excluding hydrogens is 333 g/mol. The Morgan fingerprint density at radius 2 is 2.32 bits per heavy atom. The molecule has 4 nitrogen and oxygen atoms in total. The second-order valence-electron chi connectivity index (χ2n) is 3.97. The molecule has 1 aromatic heterocycles. The predicted molar refractivity (Wildman–Crippen MR) is 77.3 cm³/mol. The number of hydrogen-bond acceptors (Lipinski definition) is 5. The maximum atomic E-state index is 13.2. The summed E-state index contributed by atoms with van der Waals surface area (Å²) in [6.07, 6.45) is 2.79. The first kappa shape index (κ1) is 14.5. The van der Waals surface area contributed by atoms with Crippen LogP contribution >= 0.6 is 27.7 Å².